The van der Waals surface area contributed by atoms with Gasteiger partial charge in [-0.15, -0.1) is 0 Å². The molecule has 0 amide bonds. The number of halogens is 1. The van der Waals surface area contributed by atoms with Gasteiger partial charge < -0.3 is 11.6 Å². The summed E-state index contributed by atoms with van der Waals surface area (Å²) in [5, 5.41) is 0. The van der Waals surface area contributed by atoms with E-state index in [1.807, 2.05) is 13.8 Å². The van der Waals surface area contributed by atoms with E-state index >= 15 is 0 Å². The van der Waals surface area contributed by atoms with Gasteiger partial charge in [-0.1, -0.05) is 13.8 Å². The first kappa shape index (κ1) is 10.0. The molecular weight excluding hydrogens is 149 g/mol. The first-order valence-electron chi connectivity index (χ1n) is 1.71. The van der Waals surface area contributed by atoms with Crippen molar-refractivity contribution in [3.63, 3.8) is 0 Å². The van der Waals surface area contributed by atoms with E-state index in [4.69, 9.17) is 11.6 Å². The molecule has 0 aromatic rings. The number of rotatable bonds is 1. The molecule has 0 saturated heterocycles. The van der Waals surface area contributed by atoms with Crippen LogP contribution in [0.1, 0.15) is 13.8 Å². The summed E-state index contributed by atoms with van der Waals surface area (Å²) < 4.78 is 0. The molecule has 0 aromatic carbocycles. The topological polar surface area (TPSA) is 0 Å². The van der Waals surface area contributed by atoms with E-state index in [2.05, 4.69) is 0 Å². The fourth-order valence-corrected chi connectivity index (χ4v) is 0. The molecule has 0 aliphatic carbocycles. The summed E-state index contributed by atoms with van der Waals surface area (Å²) in [7, 11) is 0. The second-order valence-corrected chi connectivity index (χ2v) is 1.62. The van der Waals surface area contributed by atoms with E-state index < -0.39 is 0 Å². The van der Waals surface area contributed by atoms with Crippen LogP contribution in [-0.2, 0) is 19.5 Å². The van der Waals surface area contributed by atoms with Crippen molar-refractivity contribution < 1.29 is 19.5 Å². The molecule has 0 atom stereocenters. The fourth-order valence-electron chi connectivity index (χ4n) is 0. The second-order valence-electron chi connectivity index (χ2n) is 1.37. The van der Waals surface area contributed by atoms with E-state index in [0.29, 0.717) is 5.92 Å². The van der Waals surface area contributed by atoms with Crippen LogP contribution in [-0.4, -0.2) is 0 Å². The van der Waals surface area contributed by atoms with Crippen molar-refractivity contribution in [3.8, 4) is 0 Å². The van der Waals surface area contributed by atoms with Crippen molar-refractivity contribution in [1.82, 2.24) is 0 Å². The first-order chi connectivity index (χ1) is 2.27. The standard InChI is InChI=1S/C4H8Cl.Zn/c1-4(2)3-5;/h3-4H,1-2H3;/q-1;. The molecule has 0 bridgehead atoms. The zero-order chi connectivity index (χ0) is 4.28. The maximum Gasteiger partial charge on any atom is 0 e. The fraction of sp³-hybridized carbons (Fsp3) is 0.750. The van der Waals surface area contributed by atoms with Crippen molar-refractivity contribution in [2.75, 3.05) is 0 Å². The largest absolute Gasteiger partial charge is 0.349 e. The molecule has 0 radical (unpaired) electrons. The van der Waals surface area contributed by atoms with Gasteiger partial charge in [-0.25, -0.2) is 5.88 Å². The third kappa shape index (κ3) is 8.87. The minimum absolute atomic E-state index is 0. The molecule has 0 aliphatic rings. The van der Waals surface area contributed by atoms with E-state index in [9.17, 15) is 0 Å². The summed E-state index contributed by atoms with van der Waals surface area (Å²) in [6.07, 6.45) is 0. The number of hydrogen-bond donors (Lipinski definition) is 0. The average molecular weight is 157 g/mol. The van der Waals surface area contributed by atoms with Crippen LogP contribution >= 0.6 is 11.6 Å². The molecule has 0 heterocycles. The van der Waals surface area contributed by atoms with Crippen LogP contribution in [0.15, 0.2) is 0 Å². The average Bonchev–Trinajstić information content (AvgIpc) is 1.38. The first-order valence-corrected chi connectivity index (χ1v) is 2.14. The van der Waals surface area contributed by atoms with Crippen molar-refractivity contribution in [3.05, 3.63) is 5.88 Å². The van der Waals surface area contributed by atoms with E-state index in [-0.39, 0.29) is 19.5 Å². The van der Waals surface area contributed by atoms with Crippen molar-refractivity contribution in [1.29, 1.82) is 0 Å². The molecule has 0 aromatic heterocycles. The Labute approximate surface area is 57.0 Å². The molecule has 0 rings (SSSR count). The molecule has 0 nitrogen and oxygen atoms in total. The minimum Gasteiger partial charge on any atom is -0.349 e. The molecule has 0 N–H and O–H groups in total. The number of hydrogen-bond acceptors (Lipinski definition) is 0. The van der Waals surface area contributed by atoms with Gasteiger partial charge in [-0.3, -0.25) is 0 Å². The molecule has 0 saturated carbocycles. The molecule has 0 unspecified atom stereocenters. The van der Waals surface area contributed by atoms with Crippen LogP contribution in [0.4, 0.5) is 0 Å². The van der Waals surface area contributed by atoms with Crippen LogP contribution in [0, 0.1) is 11.8 Å². The molecule has 0 spiro atoms. The molecule has 34 valence electrons. The van der Waals surface area contributed by atoms with Crippen LogP contribution in [0.3, 0.4) is 0 Å². The molecular formula is C4H8ClZn-. The van der Waals surface area contributed by atoms with Crippen molar-refractivity contribution in [2.24, 2.45) is 5.92 Å². The van der Waals surface area contributed by atoms with Gasteiger partial charge in [0.05, 0.1) is 0 Å². The van der Waals surface area contributed by atoms with Gasteiger partial charge in [0, 0.05) is 19.5 Å². The Balaban J connectivity index is 0. The van der Waals surface area contributed by atoms with Gasteiger partial charge in [0.15, 0.2) is 0 Å². The summed E-state index contributed by atoms with van der Waals surface area (Å²) in [5.74, 6) is 2.16. The van der Waals surface area contributed by atoms with Crippen LogP contribution in [0.2, 0.25) is 0 Å². The second kappa shape index (κ2) is 5.91. The summed E-state index contributed by atoms with van der Waals surface area (Å²) in [4.78, 5) is 0. The Bertz CT molecular complexity index is 21.5. The summed E-state index contributed by atoms with van der Waals surface area (Å²) in [6.45, 7) is 4.07. The third-order valence-electron chi connectivity index (χ3n) is 0.252. The normalized spacial score (nSPS) is 8.00. The monoisotopic (exact) mass is 155 g/mol. The predicted molar refractivity (Wildman–Crippen MR) is 25.0 cm³/mol. The van der Waals surface area contributed by atoms with Crippen LogP contribution < -0.4 is 0 Å². The van der Waals surface area contributed by atoms with E-state index in [1.165, 1.54) is 0 Å². The Morgan fingerprint density at radius 3 is 1.67 bits per heavy atom. The van der Waals surface area contributed by atoms with E-state index in [1.54, 1.807) is 5.88 Å². The summed E-state index contributed by atoms with van der Waals surface area (Å²) in [6, 6.07) is 0. The summed E-state index contributed by atoms with van der Waals surface area (Å²) in [5.41, 5.74) is 0. The summed E-state index contributed by atoms with van der Waals surface area (Å²) >= 11 is 5.21. The van der Waals surface area contributed by atoms with Gasteiger partial charge in [0.1, 0.15) is 0 Å². The minimum atomic E-state index is 0. The van der Waals surface area contributed by atoms with Gasteiger partial charge in [0.25, 0.3) is 0 Å². The Morgan fingerprint density at radius 1 is 1.50 bits per heavy atom. The van der Waals surface area contributed by atoms with Crippen molar-refractivity contribution >= 4 is 11.6 Å². The predicted octanol–water partition coefficient (Wildman–Crippen LogP) is 2.04. The van der Waals surface area contributed by atoms with Crippen LogP contribution in [0.25, 0.3) is 0 Å². The molecule has 0 fully saturated rings. The molecule has 6 heavy (non-hydrogen) atoms. The quantitative estimate of drug-likeness (QED) is 0.403. The van der Waals surface area contributed by atoms with Gasteiger partial charge in [-0.05, 0) is 0 Å². The Kier molecular flexibility index (Phi) is 9.87. The Hall–Kier alpha value is 0.913. The molecule has 0 aliphatic heterocycles. The van der Waals surface area contributed by atoms with Gasteiger partial charge in [0.2, 0.25) is 0 Å². The maximum atomic E-state index is 5.21. The molecule has 2 heteroatoms. The van der Waals surface area contributed by atoms with Crippen molar-refractivity contribution in [2.45, 2.75) is 13.8 Å². The maximum absolute atomic E-state index is 5.21. The zero-order valence-corrected chi connectivity index (χ0v) is 7.96. The Morgan fingerprint density at radius 2 is 1.67 bits per heavy atom. The van der Waals surface area contributed by atoms with Gasteiger partial charge >= 0.3 is 0 Å². The van der Waals surface area contributed by atoms with Gasteiger partial charge in [-0.2, -0.15) is 5.92 Å². The SMILES string of the molecule is CC(C)[CH-]Cl.[Zn]. The smallest absolute Gasteiger partial charge is 0 e. The third-order valence-corrected chi connectivity index (χ3v) is 0.756. The van der Waals surface area contributed by atoms with E-state index in [0.717, 1.165) is 0 Å². The van der Waals surface area contributed by atoms with Crippen LogP contribution in [0.5, 0.6) is 0 Å². The zero-order valence-electron chi connectivity index (χ0n) is 4.24.